The highest BCUT2D eigenvalue weighted by Crippen LogP contribution is 2.10. The molecule has 0 saturated heterocycles. The number of aliphatic hydroxyl groups is 1. The molecule has 1 aromatic carbocycles. The molecule has 0 aliphatic rings. The summed E-state index contributed by atoms with van der Waals surface area (Å²) in [6.07, 6.45) is -2.49. The number of amides is 4. The highest BCUT2D eigenvalue weighted by atomic mass is 32.1. The lowest BCUT2D eigenvalue weighted by atomic mass is 10.0. The Balaban J connectivity index is 3.15. The standard InChI is InChI=1S/C24H35N5O9S/c1-12(30)19(24(37)38)29-21(34)15(8-10-18(32)33)27-22(35)16(11-13-5-3-2-4-6-13)28-23(36)20(39)14(25)7-9-17(26)31/h2-6,12,14-16,19-20,30,39H,7-11,25H2,1H3,(H2,26,31)(H,27,35)(H,28,36)(H,29,34)(H,32,33)(H,37,38)/t12-,14+,15+,16+,19+,20?/m1/s1. The predicted octanol–water partition coefficient (Wildman–Crippen LogP) is -2.10. The minimum atomic E-state index is -1.71. The van der Waals surface area contributed by atoms with E-state index < -0.39 is 83.9 Å². The predicted molar refractivity (Wildman–Crippen MR) is 141 cm³/mol. The summed E-state index contributed by atoms with van der Waals surface area (Å²) in [5.41, 5.74) is 11.7. The van der Waals surface area contributed by atoms with Crippen LogP contribution in [0.2, 0.25) is 0 Å². The van der Waals surface area contributed by atoms with Crippen molar-refractivity contribution in [2.24, 2.45) is 11.5 Å². The number of hydrogen-bond donors (Lipinski definition) is 9. The van der Waals surface area contributed by atoms with Crippen molar-refractivity contribution >= 4 is 48.2 Å². The lowest BCUT2D eigenvalue weighted by Crippen LogP contribution is -2.58. The topological polar surface area (TPSA) is 251 Å². The van der Waals surface area contributed by atoms with E-state index in [0.717, 1.165) is 6.92 Å². The molecule has 0 spiro atoms. The van der Waals surface area contributed by atoms with Crippen molar-refractivity contribution in [1.29, 1.82) is 0 Å². The van der Waals surface area contributed by atoms with Crippen molar-refractivity contribution < 1.29 is 44.1 Å². The zero-order valence-corrected chi connectivity index (χ0v) is 22.2. The van der Waals surface area contributed by atoms with E-state index in [1.165, 1.54) is 0 Å². The molecular weight excluding hydrogens is 534 g/mol. The van der Waals surface area contributed by atoms with E-state index in [1.54, 1.807) is 30.3 Å². The van der Waals surface area contributed by atoms with Crippen LogP contribution < -0.4 is 27.4 Å². The summed E-state index contributed by atoms with van der Waals surface area (Å²) in [4.78, 5) is 72.4. The van der Waals surface area contributed by atoms with Crippen LogP contribution in [0.25, 0.3) is 0 Å². The van der Waals surface area contributed by atoms with Crippen LogP contribution >= 0.6 is 12.6 Å². The number of nitrogens with two attached hydrogens (primary N) is 2. The summed E-state index contributed by atoms with van der Waals surface area (Å²) in [6, 6.07) is 3.18. The quantitative estimate of drug-likeness (QED) is 0.0924. The number of carboxylic acid groups (broad SMARTS) is 2. The van der Waals surface area contributed by atoms with Gasteiger partial charge in [-0.3, -0.25) is 24.0 Å². The maximum Gasteiger partial charge on any atom is 0.328 e. The van der Waals surface area contributed by atoms with Gasteiger partial charge in [0, 0.05) is 25.3 Å². The van der Waals surface area contributed by atoms with Gasteiger partial charge >= 0.3 is 11.9 Å². The van der Waals surface area contributed by atoms with Crippen molar-refractivity contribution in [3.05, 3.63) is 35.9 Å². The number of hydrogen-bond acceptors (Lipinski definition) is 9. The largest absolute Gasteiger partial charge is 0.481 e. The van der Waals surface area contributed by atoms with Crippen LogP contribution in [-0.4, -0.2) is 86.4 Å². The fourth-order valence-electron chi connectivity index (χ4n) is 3.43. The van der Waals surface area contributed by atoms with Gasteiger partial charge < -0.3 is 42.7 Å². The third kappa shape index (κ3) is 12.1. The average Bonchev–Trinajstić information content (AvgIpc) is 2.86. The number of primary amides is 1. The number of carbonyl (C=O) groups excluding carboxylic acids is 4. The summed E-state index contributed by atoms with van der Waals surface area (Å²) in [6.45, 7) is 1.14. The van der Waals surface area contributed by atoms with E-state index in [4.69, 9.17) is 16.6 Å². The fourth-order valence-corrected chi connectivity index (χ4v) is 3.65. The SMILES string of the molecule is C[C@@H](O)[C@H](NC(=O)[C@H](CCC(=O)O)NC(=O)[C@H](Cc1ccccc1)NC(=O)C(S)[C@@H](N)CCC(N)=O)C(=O)O. The molecule has 0 saturated carbocycles. The van der Waals surface area contributed by atoms with Crippen LogP contribution in [-0.2, 0) is 35.2 Å². The molecule has 10 N–H and O–H groups in total. The Hall–Kier alpha value is -3.69. The molecule has 14 nitrogen and oxygen atoms in total. The minimum Gasteiger partial charge on any atom is -0.481 e. The number of carboxylic acids is 2. The van der Waals surface area contributed by atoms with E-state index >= 15 is 0 Å². The molecule has 0 aliphatic heterocycles. The van der Waals surface area contributed by atoms with Gasteiger partial charge in [0.25, 0.3) is 0 Å². The molecule has 6 atom stereocenters. The second kappa shape index (κ2) is 16.3. The summed E-state index contributed by atoms with van der Waals surface area (Å²) in [5.74, 6) is -6.07. The van der Waals surface area contributed by atoms with Crippen LogP contribution in [0.3, 0.4) is 0 Å². The van der Waals surface area contributed by atoms with Gasteiger partial charge in [-0.1, -0.05) is 30.3 Å². The number of thiol groups is 1. The number of aliphatic carboxylic acids is 2. The number of carbonyl (C=O) groups is 6. The molecule has 39 heavy (non-hydrogen) atoms. The normalized spacial score (nSPS) is 15.5. The van der Waals surface area contributed by atoms with E-state index in [9.17, 15) is 39.0 Å². The maximum absolute atomic E-state index is 13.3. The molecule has 4 amide bonds. The third-order valence-corrected chi connectivity index (χ3v) is 6.26. The Morgan fingerprint density at radius 3 is 1.95 bits per heavy atom. The summed E-state index contributed by atoms with van der Waals surface area (Å²) in [5, 5.41) is 33.8. The molecule has 0 fully saturated rings. The van der Waals surface area contributed by atoms with Crippen molar-refractivity contribution in [2.45, 2.75) is 74.5 Å². The highest BCUT2D eigenvalue weighted by Gasteiger charge is 2.33. The van der Waals surface area contributed by atoms with Crippen molar-refractivity contribution in [2.75, 3.05) is 0 Å². The van der Waals surface area contributed by atoms with Gasteiger partial charge in [-0.05, 0) is 25.3 Å². The van der Waals surface area contributed by atoms with Gasteiger partial charge in [-0.25, -0.2) is 4.79 Å². The smallest absolute Gasteiger partial charge is 0.328 e. The summed E-state index contributed by atoms with van der Waals surface area (Å²) >= 11 is 4.20. The molecule has 0 aromatic heterocycles. The van der Waals surface area contributed by atoms with Gasteiger partial charge in [-0.15, -0.1) is 0 Å². The number of benzene rings is 1. The average molecular weight is 570 g/mol. The zero-order chi connectivity index (χ0) is 29.7. The second-order valence-electron chi connectivity index (χ2n) is 8.92. The Morgan fingerprint density at radius 2 is 1.44 bits per heavy atom. The van der Waals surface area contributed by atoms with E-state index in [2.05, 4.69) is 28.6 Å². The molecule has 1 aromatic rings. The van der Waals surface area contributed by atoms with Gasteiger partial charge in [-0.2, -0.15) is 12.6 Å². The lowest BCUT2D eigenvalue weighted by Gasteiger charge is -2.26. The molecule has 0 bridgehead atoms. The second-order valence-corrected chi connectivity index (χ2v) is 9.48. The number of rotatable bonds is 17. The Labute approximate surface area is 230 Å². The number of aliphatic hydroxyl groups excluding tert-OH is 1. The van der Waals surface area contributed by atoms with Gasteiger partial charge in [0.1, 0.15) is 12.1 Å². The molecule has 1 unspecified atom stereocenters. The van der Waals surface area contributed by atoms with Gasteiger partial charge in [0.2, 0.25) is 23.6 Å². The van der Waals surface area contributed by atoms with E-state index in [-0.39, 0.29) is 19.3 Å². The minimum absolute atomic E-state index is 0.0336. The van der Waals surface area contributed by atoms with Crippen LogP contribution in [0.4, 0.5) is 0 Å². The number of nitrogens with one attached hydrogen (secondary N) is 3. The molecule has 0 radical (unpaired) electrons. The first kappa shape index (κ1) is 33.3. The van der Waals surface area contributed by atoms with E-state index in [1.807, 2.05) is 0 Å². The van der Waals surface area contributed by atoms with Gasteiger partial charge in [0.15, 0.2) is 6.04 Å². The first-order valence-electron chi connectivity index (χ1n) is 12.0. The Kier molecular flexibility index (Phi) is 13.9. The maximum atomic E-state index is 13.3. The zero-order valence-electron chi connectivity index (χ0n) is 21.3. The third-order valence-electron chi connectivity index (χ3n) is 5.64. The molecule has 0 aliphatic carbocycles. The van der Waals surface area contributed by atoms with Crippen molar-refractivity contribution in [3.8, 4) is 0 Å². The van der Waals surface area contributed by atoms with Crippen LogP contribution in [0.5, 0.6) is 0 Å². The first-order chi connectivity index (χ1) is 18.2. The summed E-state index contributed by atoms with van der Waals surface area (Å²) < 4.78 is 0. The molecule has 0 heterocycles. The Bertz CT molecular complexity index is 1020. The fraction of sp³-hybridized carbons (Fsp3) is 0.500. The van der Waals surface area contributed by atoms with Crippen molar-refractivity contribution in [3.63, 3.8) is 0 Å². The highest BCUT2D eigenvalue weighted by molar-refractivity contribution is 7.81. The van der Waals surface area contributed by atoms with E-state index in [0.29, 0.717) is 5.56 Å². The summed E-state index contributed by atoms with van der Waals surface area (Å²) in [7, 11) is 0. The lowest BCUT2D eigenvalue weighted by molar-refractivity contribution is -0.145. The molecular formula is C24H35N5O9S. The monoisotopic (exact) mass is 569 g/mol. The molecule has 216 valence electrons. The molecule has 15 heteroatoms. The van der Waals surface area contributed by atoms with Crippen molar-refractivity contribution in [1.82, 2.24) is 16.0 Å². The first-order valence-corrected chi connectivity index (χ1v) is 12.5. The van der Waals surface area contributed by atoms with Crippen LogP contribution in [0, 0.1) is 0 Å². The van der Waals surface area contributed by atoms with Crippen LogP contribution in [0.1, 0.15) is 38.2 Å². The Morgan fingerprint density at radius 1 is 0.872 bits per heavy atom. The van der Waals surface area contributed by atoms with Gasteiger partial charge in [0.05, 0.1) is 11.4 Å². The van der Waals surface area contributed by atoms with Crippen LogP contribution in [0.15, 0.2) is 30.3 Å². The molecule has 1 rings (SSSR count).